The minimum Gasteiger partial charge on any atom is -0.392 e. The molecule has 122 valence electrons. The fourth-order valence-corrected chi connectivity index (χ4v) is 4.39. The van der Waals surface area contributed by atoms with E-state index in [2.05, 4.69) is 13.8 Å². The van der Waals surface area contributed by atoms with Gasteiger partial charge in [-0.25, -0.2) is 0 Å². The molecule has 1 saturated heterocycles. The first kappa shape index (κ1) is 15.8. The maximum absolute atomic E-state index is 12.4. The third-order valence-electron chi connectivity index (χ3n) is 4.70. The van der Waals surface area contributed by atoms with Crippen molar-refractivity contribution in [2.75, 3.05) is 0 Å². The number of epoxide rings is 1. The molecule has 2 fully saturated rings. The summed E-state index contributed by atoms with van der Waals surface area (Å²) in [5.41, 5.74) is 1.15. The molecule has 0 radical (unpaired) electrons. The highest BCUT2D eigenvalue weighted by Gasteiger charge is 2.52. The first-order chi connectivity index (χ1) is 10.4. The topological polar surface area (TPSA) is 76.1 Å². The zero-order valence-corrected chi connectivity index (χ0v) is 13.6. The average Bonchev–Trinajstić information content (AvgIpc) is 3.24. The SMILES string of the molecule is CCC(C)c1ccc(OS(=O)(=O)C2CC3OC3CC2O)cc1. The first-order valence-electron chi connectivity index (χ1n) is 7.77. The fraction of sp³-hybridized carbons (Fsp3) is 0.625. The Kier molecular flexibility index (Phi) is 4.18. The molecular formula is C16H22O5S. The predicted molar refractivity (Wildman–Crippen MR) is 82.4 cm³/mol. The highest BCUT2D eigenvalue weighted by Crippen LogP contribution is 2.39. The van der Waals surface area contributed by atoms with E-state index < -0.39 is 21.5 Å². The molecule has 1 aliphatic heterocycles. The molecule has 1 aromatic rings. The maximum Gasteiger partial charge on any atom is 0.314 e. The van der Waals surface area contributed by atoms with Gasteiger partial charge in [0.1, 0.15) is 11.0 Å². The van der Waals surface area contributed by atoms with Gasteiger partial charge in [-0.05, 0) is 36.5 Å². The predicted octanol–water partition coefficient (Wildman–Crippen LogP) is 2.20. The van der Waals surface area contributed by atoms with Gasteiger partial charge in [-0.15, -0.1) is 0 Å². The van der Waals surface area contributed by atoms with Crippen LogP contribution in [-0.2, 0) is 14.9 Å². The van der Waals surface area contributed by atoms with E-state index in [-0.39, 0.29) is 18.0 Å². The number of rotatable bonds is 5. The highest BCUT2D eigenvalue weighted by molar-refractivity contribution is 7.87. The van der Waals surface area contributed by atoms with Crippen LogP contribution in [0.5, 0.6) is 5.75 Å². The summed E-state index contributed by atoms with van der Waals surface area (Å²) >= 11 is 0. The van der Waals surface area contributed by atoms with E-state index in [1.165, 1.54) is 0 Å². The molecule has 5 atom stereocenters. The van der Waals surface area contributed by atoms with Crippen LogP contribution in [-0.4, -0.2) is 37.1 Å². The third-order valence-corrected chi connectivity index (χ3v) is 6.37. The smallest absolute Gasteiger partial charge is 0.314 e. The van der Waals surface area contributed by atoms with Gasteiger partial charge in [-0.3, -0.25) is 0 Å². The molecule has 0 aromatic heterocycles. The van der Waals surface area contributed by atoms with E-state index in [9.17, 15) is 13.5 Å². The summed E-state index contributed by atoms with van der Waals surface area (Å²) < 4.78 is 35.2. The van der Waals surface area contributed by atoms with Crippen LogP contribution in [0.2, 0.25) is 0 Å². The average molecular weight is 326 g/mol. The van der Waals surface area contributed by atoms with Gasteiger partial charge in [0.05, 0.1) is 18.3 Å². The lowest BCUT2D eigenvalue weighted by molar-refractivity contribution is 0.139. The van der Waals surface area contributed by atoms with Crippen LogP contribution in [0.15, 0.2) is 24.3 Å². The molecule has 0 amide bonds. The van der Waals surface area contributed by atoms with Crippen LogP contribution >= 0.6 is 0 Å². The van der Waals surface area contributed by atoms with E-state index in [0.29, 0.717) is 18.8 Å². The summed E-state index contributed by atoms with van der Waals surface area (Å²) in [4.78, 5) is 0. The van der Waals surface area contributed by atoms with Crippen LogP contribution in [0.1, 0.15) is 44.6 Å². The molecule has 0 bridgehead atoms. The Morgan fingerprint density at radius 3 is 2.55 bits per heavy atom. The minimum atomic E-state index is -3.86. The maximum atomic E-state index is 12.4. The Morgan fingerprint density at radius 1 is 1.27 bits per heavy atom. The summed E-state index contributed by atoms with van der Waals surface area (Å²) in [6.45, 7) is 4.23. The summed E-state index contributed by atoms with van der Waals surface area (Å²) in [5.74, 6) is 0.716. The number of hydrogen-bond acceptors (Lipinski definition) is 5. The zero-order valence-electron chi connectivity index (χ0n) is 12.8. The number of fused-ring (bicyclic) bond motifs is 1. The third kappa shape index (κ3) is 3.14. The van der Waals surface area contributed by atoms with Crippen LogP contribution in [0.4, 0.5) is 0 Å². The number of aliphatic hydroxyl groups excluding tert-OH is 1. The van der Waals surface area contributed by atoms with Crippen LogP contribution in [0, 0.1) is 0 Å². The monoisotopic (exact) mass is 326 g/mol. The second kappa shape index (κ2) is 5.83. The molecule has 0 spiro atoms. The van der Waals surface area contributed by atoms with Crippen molar-refractivity contribution in [2.24, 2.45) is 0 Å². The summed E-state index contributed by atoms with van der Waals surface area (Å²) in [6.07, 6.45) is 0.753. The van der Waals surface area contributed by atoms with Gasteiger partial charge in [0.2, 0.25) is 0 Å². The van der Waals surface area contributed by atoms with E-state index in [0.717, 1.165) is 12.0 Å². The number of ether oxygens (including phenoxy) is 1. The lowest BCUT2D eigenvalue weighted by Gasteiger charge is -2.24. The standard InChI is InChI=1S/C16H22O5S/c1-3-10(2)11-4-6-12(7-5-11)21-22(18,19)16-9-15-14(20-15)8-13(16)17/h4-7,10,13-17H,3,8-9H2,1-2H3. The lowest BCUT2D eigenvalue weighted by Crippen LogP contribution is -2.41. The van der Waals surface area contributed by atoms with Crippen LogP contribution in [0.3, 0.4) is 0 Å². The number of hydrogen-bond donors (Lipinski definition) is 1. The van der Waals surface area contributed by atoms with E-state index >= 15 is 0 Å². The van der Waals surface area contributed by atoms with Gasteiger partial charge < -0.3 is 14.0 Å². The molecule has 2 aliphatic rings. The molecule has 5 unspecified atom stereocenters. The van der Waals surface area contributed by atoms with Crippen molar-refractivity contribution in [3.8, 4) is 5.75 Å². The van der Waals surface area contributed by atoms with E-state index in [1.807, 2.05) is 12.1 Å². The van der Waals surface area contributed by atoms with Gasteiger partial charge in [-0.2, -0.15) is 8.42 Å². The largest absolute Gasteiger partial charge is 0.392 e. The van der Waals surface area contributed by atoms with E-state index in [1.54, 1.807) is 12.1 Å². The molecule has 1 aliphatic carbocycles. The fourth-order valence-electron chi connectivity index (χ4n) is 2.96. The molecule has 1 aromatic carbocycles. The summed E-state index contributed by atoms with van der Waals surface area (Å²) in [7, 11) is -3.86. The van der Waals surface area contributed by atoms with Gasteiger partial charge in [0.15, 0.2) is 0 Å². The Hall–Kier alpha value is -1.11. The highest BCUT2D eigenvalue weighted by atomic mass is 32.2. The Labute approximate surface area is 131 Å². The summed E-state index contributed by atoms with van der Waals surface area (Å²) in [5, 5.41) is 9.08. The lowest BCUT2D eigenvalue weighted by atomic mass is 9.97. The quantitative estimate of drug-likeness (QED) is 0.663. The number of aliphatic hydroxyl groups is 1. The van der Waals surface area contributed by atoms with Gasteiger partial charge in [0, 0.05) is 6.42 Å². The Balaban J connectivity index is 1.71. The van der Waals surface area contributed by atoms with Crippen LogP contribution < -0.4 is 4.18 Å². The van der Waals surface area contributed by atoms with Crippen molar-refractivity contribution < 1.29 is 22.4 Å². The first-order valence-corrected chi connectivity index (χ1v) is 9.24. The molecule has 5 nitrogen and oxygen atoms in total. The zero-order chi connectivity index (χ0) is 15.9. The number of benzene rings is 1. The molecule has 1 heterocycles. The Morgan fingerprint density at radius 2 is 1.91 bits per heavy atom. The summed E-state index contributed by atoms with van der Waals surface area (Å²) in [6, 6.07) is 7.11. The van der Waals surface area contributed by atoms with Crippen molar-refractivity contribution in [1.29, 1.82) is 0 Å². The molecule has 6 heteroatoms. The second-order valence-electron chi connectivity index (χ2n) is 6.24. The molecule has 3 rings (SSSR count). The van der Waals surface area contributed by atoms with Crippen molar-refractivity contribution in [3.05, 3.63) is 29.8 Å². The van der Waals surface area contributed by atoms with Crippen LogP contribution in [0.25, 0.3) is 0 Å². The van der Waals surface area contributed by atoms with Crippen molar-refractivity contribution in [2.45, 2.75) is 62.6 Å². The van der Waals surface area contributed by atoms with Crippen molar-refractivity contribution in [3.63, 3.8) is 0 Å². The van der Waals surface area contributed by atoms with Gasteiger partial charge >= 0.3 is 10.1 Å². The normalized spacial score (nSPS) is 32.1. The van der Waals surface area contributed by atoms with Crippen molar-refractivity contribution in [1.82, 2.24) is 0 Å². The molecular weight excluding hydrogens is 304 g/mol. The Bertz CT molecular complexity index is 624. The van der Waals surface area contributed by atoms with Gasteiger partial charge in [0.25, 0.3) is 0 Å². The second-order valence-corrected chi connectivity index (χ2v) is 8.00. The van der Waals surface area contributed by atoms with Gasteiger partial charge in [-0.1, -0.05) is 26.0 Å². The molecule has 1 N–H and O–H groups in total. The van der Waals surface area contributed by atoms with Crippen molar-refractivity contribution >= 4 is 10.1 Å². The van der Waals surface area contributed by atoms with E-state index in [4.69, 9.17) is 8.92 Å². The molecule has 22 heavy (non-hydrogen) atoms. The minimum absolute atomic E-state index is 0.0243. The molecule has 1 saturated carbocycles.